The van der Waals surface area contributed by atoms with Crippen LogP contribution in [-0.2, 0) is 0 Å². The number of carbonyl (C=O) groups is 2. The second kappa shape index (κ2) is 7.34. The first-order chi connectivity index (χ1) is 12.5. The zero-order chi connectivity index (χ0) is 18.8. The van der Waals surface area contributed by atoms with Gasteiger partial charge < -0.3 is 9.47 Å². The molecule has 0 radical (unpaired) electrons. The SMILES string of the molecule is CCC(C)Oc1c(Cl)cc(C=C2C(=O)c3ccccc3C2=O)cc1OC. The van der Waals surface area contributed by atoms with Crippen LogP contribution in [0.2, 0.25) is 5.02 Å². The van der Waals surface area contributed by atoms with E-state index < -0.39 is 0 Å². The third kappa shape index (κ3) is 3.25. The van der Waals surface area contributed by atoms with E-state index in [1.807, 2.05) is 13.8 Å². The molecule has 0 saturated heterocycles. The van der Waals surface area contributed by atoms with Gasteiger partial charge in [0, 0.05) is 11.1 Å². The number of hydrogen-bond acceptors (Lipinski definition) is 4. The summed E-state index contributed by atoms with van der Waals surface area (Å²) in [6.45, 7) is 3.96. The van der Waals surface area contributed by atoms with Crippen molar-refractivity contribution in [1.82, 2.24) is 0 Å². The minimum atomic E-state index is -0.277. The molecule has 4 nitrogen and oxygen atoms in total. The molecule has 134 valence electrons. The minimum absolute atomic E-state index is 0.0157. The van der Waals surface area contributed by atoms with Crippen LogP contribution in [0.5, 0.6) is 11.5 Å². The molecule has 0 saturated carbocycles. The Morgan fingerprint density at radius 1 is 1.12 bits per heavy atom. The number of carbonyl (C=O) groups excluding carboxylic acids is 2. The lowest BCUT2D eigenvalue weighted by molar-refractivity contribution is 0.0990. The molecule has 0 amide bonds. The predicted octanol–water partition coefficient (Wildman–Crippen LogP) is 4.99. The van der Waals surface area contributed by atoms with Crippen LogP contribution >= 0.6 is 11.6 Å². The highest BCUT2D eigenvalue weighted by Crippen LogP contribution is 2.38. The van der Waals surface area contributed by atoms with Crippen molar-refractivity contribution >= 4 is 29.2 Å². The van der Waals surface area contributed by atoms with Crippen LogP contribution < -0.4 is 9.47 Å². The van der Waals surface area contributed by atoms with E-state index in [1.54, 1.807) is 42.5 Å². The Hall–Kier alpha value is -2.59. The van der Waals surface area contributed by atoms with Crippen molar-refractivity contribution in [3.8, 4) is 11.5 Å². The van der Waals surface area contributed by atoms with Gasteiger partial charge in [0.25, 0.3) is 0 Å². The van der Waals surface area contributed by atoms with E-state index in [0.29, 0.717) is 33.2 Å². The van der Waals surface area contributed by atoms with Crippen LogP contribution in [0.15, 0.2) is 42.0 Å². The molecule has 0 fully saturated rings. The van der Waals surface area contributed by atoms with E-state index in [4.69, 9.17) is 21.1 Å². The van der Waals surface area contributed by atoms with Crippen LogP contribution in [0, 0.1) is 0 Å². The monoisotopic (exact) mass is 370 g/mol. The lowest BCUT2D eigenvalue weighted by atomic mass is 10.1. The highest BCUT2D eigenvalue weighted by Gasteiger charge is 2.32. The summed E-state index contributed by atoms with van der Waals surface area (Å²) in [6.07, 6.45) is 2.36. The number of allylic oxidation sites excluding steroid dienone is 1. The van der Waals surface area contributed by atoms with Gasteiger partial charge in [-0.1, -0.05) is 42.8 Å². The van der Waals surface area contributed by atoms with Gasteiger partial charge in [0.1, 0.15) is 0 Å². The largest absolute Gasteiger partial charge is 0.493 e. The fraction of sp³-hybridized carbons (Fsp3) is 0.238. The molecule has 0 spiro atoms. The summed E-state index contributed by atoms with van der Waals surface area (Å²) in [6, 6.07) is 10.2. The molecule has 0 N–H and O–H groups in total. The lowest BCUT2D eigenvalue weighted by Gasteiger charge is -2.17. The number of hydrogen-bond donors (Lipinski definition) is 0. The molecular formula is C21H19ClO4. The van der Waals surface area contributed by atoms with Gasteiger partial charge in [-0.3, -0.25) is 9.59 Å². The van der Waals surface area contributed by atoms with E-state index in [0.717, 1.165) is 6.42 Å². The Kier molecular flexibility index (Phi) is 5.14. The molecule has 0 bridgehead atoms. The number of methoxy groups -OCH3 is 1. The smallest absolute Gasteiger partial charge is 0.197 e. The lowest BCUT2D eigenvalue weighted by Crippen LogP contribution is -2.11. The van der Waals surface area contributed by atoms with E-state index >= 15 is 0 Å². The molecule has 26 heavy (non-hydrogen) atoms. The van der Waals surface area contributed by atoms with Gasteiger partial charge in [-0.25, -0.2) is 0 Å². The van der Waals surface area contributed by atoms with Gasteiger partial charge in [-0.2, -0.15) is 0 Å². The quantitative estimate of drug-likeness (QED) is 0.549. The van der Waals surface area contributed by atoms with Crippen LogP contribution in [0.1, 0.15) is 46.5 Å². The summed E-state index contributed by atoms with van der Waals surface area (Å²) < 4.78 is 11.2. The second-order valence-corrected chi connectivity index (χ2v) is 6.54. The molecule has 3 rings (SSSR count). The van der Waals surface area contributed by atoms with Crippen molar-refractivity contribution in [3.63, 3.8) is 0 Å². The maximum absolute atomic E-state index is 12.5. The molecule has 2 aromatic rings. The summed E-state index contributed by atoms with van der Waals surface area (Å²) in [5.41, 5.74) is 1.59. The number of Topliss-reactive ketones (excluding diaryl/α,β-unsaturated/α-hetero) is 2. The molecule has 1 unspecified atom stereocenters. The zero-order valence-corrected chi connectivity index (χ0v) is 15.6. The first-order valence-corrected chi connectivity index (χ1v) is 8.78. The molecule has 1 aliphatic carbocycles. The average Bonchev–Trinajstić information content (AvgIpc) is 2.88. The molecule has 5 heteroatoms. The number of fused-ring (bicyclic) bond motifs is 1. The van der Waals surface area contributed by atoms with Gasteiger partial charge in [-0.15, -0.1) is 0 Å². The third-order valence-electron chi connectivity index (χ3n) is 4.36. The highest BCUT2D eigenvalue weighted by molar-refractivity contribution is 6.41. The zero-order valence-electron chi connectivity index (χ0n) is 14.8. The van der Waals surface area contributed by atoms with E-state index in [9.17, 15) is 9.59 Å². The van der Waals surface area contributed by atoms with Crippen molar-refractivity contribution in [2.75, 3.05) is 7.11 Å². The number of ketones is 2. The molecule has 0 heterocycles. The number of ether oxygens (including phenoxy) is 2. The van der Waals surface area contributed by atoms with Gasteiger partial charge in [0.2, 0.25) is 0 Å². The van der Waals surface area contributed by atoms with E-state index in [1.165, 1.54) is 7.11 Å². The summed E-state index contributed by atoms with van der Waals surface area (Å²) in [5, 5.41) is 0.368. The Morgan fingerprint density at radius 2 is 1.73 bits per heavy atom. The molecule has 0 aromatic heterocycles. The summed E-state index contributed by atoms with van der Waals surface area (Å²) >= 11 is 6.36. The topological polar surface area (TPSA) is 52.6 Å². The number of halogens is 1. The fourth-order valence-corrected chi connectivity index (χ4v) is 3.06. The fourth-order valence-electron chi connectivity index (χ4n) is 2.79. The average molecular weight is 371 g/mol. The van der Waals surface area contributed by atoms with E-state index in [-0.39, 0.29) is 23.2 Å². The molecule has 0 aliphatic heterocycles. The Balaban J connectivity index is 2.01. The van der Waals surface area contributed by atoms with Crippen LogP contribution in [0.3, 0.4) is 0 Å². The van der Waals surface area contributed by atoms with Crippen LogP contribution in [0.4, 0.5) is 0 Å². The molecule has 2 aromatic carbocycles. The number of rotatable bonds is 5. The van der Waals surface area contributed by atoms with Crippen molar-refractivity contribution in [2.45, 2.75) is 26.4 Å². The summed E-state index contributed by atoms with van der Waals surface area (Å²) in [5.74, 6) is 0.360. The van der Waals surface area contributed by atoms with Gasteiger partial charge in [-0.05, 0) is 37.1 Å². The Morgan fingerprint density at radius 3 is 2.27 bits per heavy atom. The van der Waals surface area contributed by atoms with Crippen molar-refractivity contribution < 1.29 is 19.1 Å². The van der Waals surface area contributed by atoms with E-state index in [2.05, 4.69) is 0 Å². The number of benzene rings is 2. The highest BCUT2D eigenvalue weighted by atomic mass is 35.5. The van der Waals surface area contributed by atoms with Crippen LogP contribution in [-0.4, -0.2) is 24.8 Å². The van der Waals surface area contributed by atoms with Crippen molar-refractivity contribution in [2.24, 2.45) is 0 Å². The molecular weight excluding hydrogens is 352 g/mol. The second-order valence-electron chi connectivity index (χ2n) is 6.13. The molecule has 1 aliphatic rings. The summed E-state index contributed by atoms with van der Waals surface area (Å²) in [4.78, 5) is 25.0. The van der Waals surface area contributed by atoms with Gasteiger partial charge >= 0.3 is 0 Å². The van der Waals surface area contributed by atoms with Crippen molar-refractivity contribution in [3.05, 3.63) is 63.7 Å². The minimum Gasteiger partial charge on any atom is -0.493 e. The van der Waals surface area contributed by atoms with Crippen LogP contribution in [0.25, 0.3) is 6.08 Å². The first kappa shape index (κ1) is 18.2. The predicted molar refractivity (Wildman–Crippen MR) is 101 cm³/mol. The maximum atomic E-state index is 12.5. The van der Waals surface area contributed by atoms with Crippen molar-refractivity contribution in [1.29, 1.82) is 0 Å². The molecule has 1 atom stereocenters. The van der Waals surface area contributed by atoms with Gasteiger partial charge in [0.15, 0.2) is 23.1 Å². The standard InChI is InChI=1S/C21H19ClO4/c1-4-12(2)26-21-17(22)10-13(11-18(21)25-3)9-16-19(23)14-7-5-6-8-15(14)20(16)24/h5-12H,4H2,1-3H3. The first-order valence-electron chi connectivity index (χ1n) is 8.40. The Bertz CT molecular complexity index is 877. The normalized spacial score (nSPS) is 14.2. The summed E-state index contributed by atoms with van der Waals surface area (Å²) in [7, 11) is 1.52. The maximum Gasteiger partial charge on any atom is 0.197 e. The van der Waals surface area contributed by atoms with Gasteiger partial charge in [0.05, 0.1) is 23.8 Å². The Labute approximate surface area is 157 Å². The third-order valence-corrected chi connectivity index (χ3v) is 4.64.